The molecule has 6 nitrogen and oxygen atoms in total. The van der Waals surface area contributed by atoms with Crippen LogP contribution in [0.5, 0.6) is 0 Å². The summed E-state index contributed by atoms with van der Waals surface area (Å²) in [6, 6.07) is 7.82. The fourth-order valence-electron chi connectivity index (χ4n) is 3.31. The number of carbonyl (C=O) groups is 2. The average molecular weight is 415 g/mol. The first-order chi connectivity index (χ1) is 13.9. The Balaban J connectivity index is 1.44. The van der Waals surface area contributed by atoms with Gasteiger partial charge in [-0.15, -0.1) is 11.3 Å². The summed E-state index contributed by atoms with van der Waals surface area (Å²) in [5.74, 6) is 0.494. The van der Waals surface area contributed by atoms with Gasteiger partial charge in [0, 0.05) is 49.0 Å². The Bertz CT molecular complexity index is 824. The van der Waals surface area contributed by atoms with Crippen LogP contribution in [0.4, 0.5) is 10.5 Å². The van der Waals surface area contributed by atoms with E-state index in [9.17, 15) is 9.59 Å². The quantitative estimate of drug-likeness (QED) is 0.745. The van der Waals surface area contributed by atoms with Crippen LogP contribution >= 0.6 is 11.3 Å². The summed E-state index contributed by atoms with van der Waals surface area (Å²) in [6.07, 6.45) is 2.61. The molecule has 1 aliphatic heterocycles. The highest BCUT2D eigenvalue weighted by Crippen LogP contribution is 2.30. The zero-order valence-corrected chi connectivity index (χ0v) is 18.2. The fourth-order valence-corrected chi connectivity index (χ4v) is 4.34. The van der Waals surface area contributed by atoms with Crippen molar-refractivity contribution in [2.45, 2.75) is 46.0 Å². The van der Waals surface area contributed by atoms with Crippen LogP contribution in [0.1, 0.15) is 48.9 Å². The highest BCUT2D eigenvalue weighted by Gasteiger charge is 2.25. The zero-order chi connectivity index (χ0) is 20.8. The number of hydrogen-bond acceptors (Lipinski definition) is 4. The number of thiazole rings is 1. The summed E-state index contributed by atoms with van der Waals surface area (Å²) in [5.41, 5.74) is 3.04. The van der Waals surface area contributed by atoms with Crippen LogP contribution in [0.2, 0.25) is 0 Å². The summed E-state index contributed by atoms with van der Waals surface area (Å²) in [4.78, 5) is 30.8. The molecule has 1 fully saturated rings. The van der Waals surface area contributed by atoms with Crippen LogP contribution in [0.3, 0.4) is 0 Å². The van der Waals surface area contributed by atoms with E-state index in [-0.39, 0.29) is 17.9 Å². The van der Waals surface area contributed by atoms with Crippen molar-refractivity contribution in [3.05, 3.63) is 45.9 Å². The summed E-state index contributed by atoms with van der Waals surface area (Å²) < 4.78 is 0. The summed E-state index contributed by atoms with van der Waals surface area (Å²) >= 11 is 1.69. The molecule has 1 aromatic heterocycles. The van der Waals surface area contributed by atoms with Crippen molar-refractivity contribution in [3.8, 4) is 0 Å². The van der Waals surface area contributed by atoms with Crippen molar-refractivity contribution in [1.29, 1.82) is 0 Å². The van der Waals surface area contributed by atoms with Gasteiger partial charge in [0.25, 0.3) is 0 Å². The molecule has 2 heterocycles. The second-order valence-electron chi connectivity index (χ2n) is 7.93. The van der Waals surface area contributed by atoms with Crippen LogP contribution in [0, 0.1) is 12.8 Å². The number of rotatable bonds is 6. The summed E-state index contributed by atoms with van der Waals surface area (Å²) in [6.45, 7) is 7.91. The Labute approximate surface area is 176 Å². The Hall–Kier alpha value is -2.41. The normalized spacial score (nSPS) is 14.8. The number of amides is 3. The maximum atomic E-state index is 12.5. The second-order valence-corrected chi connectivity index (χ2v) is 8.82. The van der Waals surface area contributed by atoms with E-state index < -0.39 is 0 Å². The van der Waals surface area contributed by atoms with Crippen LogP contribution in [-0.2, 0) is 11.2 Å². The van der Waals surface area contributed by atoms with E-state index in [0.29, 0.717) is 12.5 Å². The molecule has 1 aromatic carbocycles. The third kappa shape index (κ3) is 6.03. The van der Waals surface area contributed by atoms with Gasteiger partial charge >= 0.3 is 6.03 Å². The van der Waals surface area contributed by atoms with Crippen molar-refractivity contribution in [2.75, 3.05) is 25.0 Å². The molecule has 0 spiro atoms. The van der Waals surface area contributed by atoms with Gasteiger partial charge in [-0.1, -0.05) is 31.5 Å². The second kappa shape index (κ2) is 9.87. The van der Waals surface area contributed by atoms with E-state index in [2.05, 4.69) is 16.0 Å². The number of aryl methyl sites for hydroxylation is 1. The lowest BCUT2D eigenvalue weighted by molar-refractivity contribution is -0.123. The standard InChI is InChI=1S/C22H30N4O2S/c1-15(2)20(27)23-11-8-19-14-29-21(24-19)17-9-12-26(13-10-17)22(28)25-18-6-4-16(3)5-7-18/h4-7,14-15,17H,8-13H2,1-3H3,(H,23,27)(H,25,28). The molecular formula is C22H30N4O2S. The van der Waals surface area contributed by atoms with E-state index in [0.717, 1.165) is 48.7 Å². The van der Waals surface area contributed by atoms with E-state index in [1.165, 1.54) is 5.56 Å². The summed E-state index contributed by atoms with van der Waals surface area (Å²) in [5, 5.41) is 9.15. The minimum absolute atomic E-state index is 0.00869. The number of piperidine rings is 1. The SMILES string of the molecule is Cc1ccc(NC(=O)N2CCC(c3nc(CCNC(=O)C(C)C)cs3)CC2)cc1. The van der Waals surface area contributed by atoms with Crippen LogP contribution in [0.15, 0.2) is 29.6 Å². The minimum Gasteiger partial charge on any atom is -0.355 e. The highest BCUT2D eigenvalue weighted by molar-refractivity contribution is 7.09. The van der Waals surface area contributed by atoms with Crippen molar-refractivity contribution in [1.82, 2.24) is 15.2 Å². The van der Waals surface area contributed by atoms with Crippen LogP contribution < -0.4 is 10.6 Å². The van der Waals surface area contributed by atoms with Crippen LogP contribution in [0.25, 0.3) is 0 Å². The van der Waals surface area contributed by atoms with Gasteiger partial charge in [0.2, 0.25) is 5.91 Å². The van der Waals surface area contributed by atoms with Gasteiger partial charge in [0.1, 0.15) is 0 Å². The van der Waals surface area contributed by atoms with Crippen molar-refractivity contribution < 1.29 is 9.59 Å². The van der Waals surface area contributed by atoms with Crippen molar-refractivity contribution in [2.24, 2.45) is 5.92 Å². The molecule has 29 heavy (non-hydrogen) atoms. The number of likely N-dealkylation sites (tertiary alicyclic amines) is 1. The van der Waals surface area contributed by atoms with E-state index in [1.54, 1.807) is 11.3 Å². The molecule has 1 aliphatic rings. The maximum Gasteiger partial charge on any atom is 0.321 e. The van der Waals surface area contributed by atoms with E-state index >= 15 is 0 Å². The lowest BCUT2D eigenvalue weighted by atomic mass is 9.98. The predicted octanol–water partition coefficient (Wildman–Crippen LogP) is 4.18. The van der Waals surface area contributed by atoms with Crippen molar-refractivity contribution in [3.63, 3.8) is 0 Å². The van der Waals surface area contributed by atoms with Gasteiger partial charge in [-0.2, -0.15) is 0 Å². The number of anilines is 1. The molecule has 0 aliphatic carbocycles. The molecule has 2 N–H and O–H groups in total. The number of aromatic nitrogens is 1. The first-order valence-electron chi connectivity index (χ1n) is 10.3. The Kier molecular flexibility index (Phi) is 7.25. The number of carbonyl (C=O) groups excluding carboxylic acids is 2. The first kappa shape index (κ1) is 21.3. The van der Waals surface area contributed by atoms with Gasteiger partial charge in [0.15, 0.2) is 0 Å². The Morgan fingerprint density at radius 3 is 2.55 bits per heavy atom. The largest absolute Gasteiger partial charge is 0.355 e. The smallest absolute Gasteiger partial charge is 0.321 e. The van der Waals surface area contributed by atoms with Gasteiger partial charge < -0.3 is 15.5 Å². The molecule has 156 valence electrons. The Morgan fingerprint density at radius 1 is 1.21 bits per heavy atom. The molecule has 7 heteroatoms. The first-order valence-corrected chi connectivity index (χ1v) is 11.1. The number of urea groups is 1. The molecular weight excluding hydrogens is 384 g/mol. The van der Waals surface area contributed by atoms with Crippen molar-refractivity contribution >= 4 is 29.0 Å². The zero-order valence-electron chi connectivity index (χ0n) is 17.4. The number of nitrogens with one attached hydrogen (secondary N) is 2. The molecule has 0 atom stereocenters. The molecule has 3 amide bonds. The molecule has 3 rings (SSSR count). The van der Waals surface area contributed by atoms with Gasteiger partial charge in [-0.05, 0) is 31.9 Å². The van der Waals surface area contributed by atoms with E-state index in [1.807, 2.05) is 49.9 Å². The molecule has 0 bridgehead atoms. The van der Waals surface area contributed by atoms with Gasteiger partial charge in [-0.25, -0.2) is 9.78 Å². The lowest BCUT2D eigenvalue weighted by Gasteiger charge is -2.31. The third-order valence-electron chi connectivity index (χ3n) is 5.21. The lowest BCUT2D eigenvalue weighted by Crippen LogP contribution is -2.40. The minimum atomic E-state index is -0.0342. The predicted molar refractivity (Wildman–Crippen MR) is 117 cm³/mol. The van der Waals surface area contributed by atoms with Gasteiger partial charge in [0.05, 0.1) is 10.7 Å². The maximum absolute atomic E-state index is 12.5. The van der Waals surface area contributed by atoms with Crippen LogP contribution in [-0.4, -0.2) is 41.5 Å². The molecule has 0 unspecified atom stereocenters. The molecule has 0 radical (unpaired) electrons. The highest BCUT2D eigenvalue weighted by atomic mass is 32.1. The monoisotopic (exact) mass is 414 g/mol. The molecule has 1 saturated heterocycles. The van der Waals surface area contributed by atoms with Gasteiger partial charge in [-0.3, -0.25) is 4.79 Å². The number of hydrogen-bond donors (Lipinski definition) is 2. The number of nitrogens with zero attached hydrogens (tertiary/aromatic N) is 2. The van der Waals surface area contributed by atoms with E-state index in [4.69, 9.17) is 4.98 Å². The average Bonchev–Trinajstić information content (AvgIpc) is 3.18. The topological polar surface area (TPSA) is 74.3 Å². The fraction of sp³-hybridized carbons (Fsp3) is 0.500. The molecule has 2 aromatic rings. The third-order valence-corrected chi connectivity index (χ3v) is 6.26. The number of benzene rings is 1. The molecule has 0 saturated carbocycles. The summed E-state index contributed by atoms with van der Waals surface area (Å²) in [7, 11) is 0. The Morgan fingerprint density at radius 2 is 1.90 bits per heavy atom.